The first-order chi connectivity index (χ1) is 8.81. The van der Waals surface area contributed by atoms with Gasteiger partial charge in [-0.25, -0.2) is 4.09 Å². The van der Waals surface area contributed by atoms with Crippen LogP contribution in [0, 0.1) is 10.1 Å². The van der Waals surface area contributed by atoms with E-state index in [-0.39, 0.29) is 5.69 Å². The van der Waals surface area contributed by atoms with Crippen LogP contribution in [0.15, 0.2) is 24.4 Å². The molecule has 0 radical (unpaired) electrons. The van der Waals surface area contributed by atoms with Gasteiger partial charge < -0.3 is 0 Å². The number of hydrogen-bond acceptors (Lipinski definition) is 4. The van der Waals surface area contributed by atoms with E-state index in [0.29, 0.717) is 10.9 Å². The molecule has 1 heterocycles. The lowest BCUT2D eigenvalue weighted by Gasteiger charge is -2.19. The van der Waals surface area contributed by atoms with Crippen LogP contribution in [0.4, 0.5) is 5.69 Å². The summed E-state index contributed by atoms with van der Waals surface area (Å²) < 4.78 is -0.0688. The molecular weight excluding hydrogens is 356 g/mol. The molecule has 0 spiro atoms. The zero-order chi connectivity index (χ0) is 14.2. The maximum Gasteiger partial charge on any atom is 0.270 e. The summed E-state index contributed by atoms with van der Waals surface area (Å²) in [7, 11) is 0. The molecular formula is C9H5Cl4N3O2S. The maximum absolute atomic E-state index is 10.7. The fraction of sp³-hybridized carbons (Fsp3) is 0.222. The average molecular weight is 361 g/mol. The first-order valence-corrected chi connectivity index (χ1v) is 7.19. The Balaban J connectivity index is 2.39. The Kier molecular flexibility index (Phi) is 4.37. The van der Waals surface area contributed by atoms with Gasteiger partial charge in [-0.3, -0.25) is 10.1 Å². The predicted octanol–water partition coefficient (Wildman–Crippen LogP) is 4.38. The second-order valence-corrected chi connectivity index (χ2v) is 7.57. The summed E-state index contributed by atoms with van der Waals surface area (Å²) in [6, 6.07) is 4.32. The molecule has 2 rings (SSSR count). The number of aromatic nitrogens is 2. The summed E-state index contributed by atoms with van der Waals surface area (Å²) in [6.07, 6.45) is 1.47. The van der Waals surface area contributed by atoms with Crippen molar-refractivity contribution in [3.63, 3.8) is 0 Å². The van der Waals surface area contributed by atoms with Gasteiger partial charge in [0.2, 0.25) is 3.67 Å². The van der Waals surface area contributed by atoms with Crippen LogP contribution >= 0.6 is 58.4 Å². The number of benzene rings is 1. The maximum atomic E-state index is 10.7. The number of rotatable bonds is 4. The molecule has 19 heavy (non-hydrogen) atoms. The van der Waals surface area contributed by atoms with Crippen molar-refractivity contribution in [1.29, 1.82) is 0 Å². The largest absolute Gasteiger partial charge is 0.270 e. The number of halogens is 4. The topological polar surface area (TPSA) is 61.0 Å². The quantitative estimate of drug-likeness (QED) is 0.461. The highest BCUT2D eigenvalue weighted by molar-refractivity contribution is 8.02. The molecule has 1 aromatic heterocycles. The third-order valence-electron chi connectivity index (χ3n) is 2.19. The average Bonchev–Trinajstić information content (AvgIpc) is 2.71. The molecule has 0 atom stereocenters. The van der Waals surface area contributed by atoms with E-state index in [1.807, 2.05) is 0 Å². The molecule has 10 heteroatoms. The Bertz CT molecular complexity index is 631. The fourth-order valence-electron chi connectivity index (χ4n) is 1.34. The van der Waals surface area contributed by atoms with E-state index in [2.05, 4.69) is 5.10 Å². The van der Waals surface area contributed by atoms with E-state index in [4.69, 9.17) is 46.4 Å². The van der Waals surface area contributed by atoms with Crippen molar-refractivity contribution in [2.45, 2.75) is 8.50 Å². The van der Waals surface area contributed by atoms with Gasteiger partial charge in [-0.2, -0.15) is 5.10 Å². The highest BCUT2D eigenvalue weighted by Crippen LogP contribution is 2.43. The molecule has 0 unspecified atom stereocenters. The predicted molar refractivity (Wildman–Crippen MR) is 79.3 cm³/mol. The Morgan fingerprint density at radius 2 is 2.11 bits per heavy atom. The monoisotopic (exact) mass is 359 g/mol. The molecule has 2 aromatic rings. The molecule has 0 bridgehead atoms. The SMILES string of the molecule is O=[N+]([O-])c1ccc2c(cnn2SC(Cl)(Cl)C(Cl)Cl)c1. The standard InChI is InChI=1S/C9H5Cl4N3O2S/c10-8(11)9(12,13)19-15-7-2-1-6(16(17)18)3-5(7)4-14-15/h1-4,8H. The van der Waals surface area contributed by atoms with Crippen LogP contribution in [-0.2, 0) is 0 Å². The highest BCUT2D eigenvalue weighted by atomic mass is 35.5. The van der Waals surface area contributed by atoms with E-state index in [1.54, 1.807) is 6.07 Å². The van der Waals surface area contributed by atoms with Gasteiger partial charge in [0.15, 0.2) is 4.84 Å². The fourth-order valence-corrected chi connectivity index (χ4v) is 2.64. The Morgan fingerprint density at radius 3 is 2.68 bits per heavy atom. The number of fused-ring (bicyclic) bond motifs is 1. The third kappa shape index (κ3) is 3.20. The minimum atomic E-state index is -1.48. The Hall–Kier alpha value is -0.400. The molecule has 0 aliphatic rings. The normalized spacial score (nSPS) is 12.3. The number of nitro groups is 1. The van der Waals surface area contributed by atoms with Gasteiger partial charge in [0.25, 0.3) is 5.69 Å². The van der Waals surface area contributed by atoms with Crippen LogP contribution in [0.2, 0.25) is 0 Å². The number of alkyl halides is 4. The molecule has 1 aromatic carbocycles. The molecule has 0 aliphatic heterocycles. The van der Waals surface area contributed by atoms with Gasteiger partial charge in [-0.15, -0.1) is 23.2 Å². The number of non-ortho nitro benzene ring substituents is 1. The van der Waals surface area contributed by atoms with Gasteiger partial charge in [0.05, 0.1) is 16.6 Å². The van der Waals surface area contributed by atoms with Crippen LogP contribution in [0.25, 0.3) is 10.9 Å². The first-order valence-electron chi connectivity index (χ1n) is 4.79. The molecule has 0 saturated heterocycles. The van der Waals surface area contributed by atoms with Gasteiger partial charge in [-0.05, 0) is 6.07 Å². The number of nitro benzene ring substituents is 1. The van der Waals surface area contributed by atoms with E-state index in [9.17, 15) is 10.1 Å². The van der Waals surface area contributed by atoms with Crippen molar-refractivity contribution >= 4 is 74.9 Å². The molecule has 5 nitrogen and oxygen atoms in total. The molecule has 0 amide bonds. The molecule has 0 aliphatic carbocycles. The number of nitrogens with zero attached hydrogens (tertiary/aromatic N) is 3. The summed E-state index contributed by atoms with van der Waals surface area (Å²) in [5.41, 5.74) is 0.600. The van der Waals surface area contributed by atoms with Crippen molar-refractivity contribution < 1.29 is 4.92 Å². The lowest BCUT2D eigenvalue weighted by atomic mass is 10.2. The summed E-state index contributed by atoms with van der Waals surface area (Å²) in [6.45, 7) is 0. The second kappa shape index (κ2) is 5.54. The Morgan fingerprint density at radius 1 is 1.42 bits per heavy atom. The first kappa shape index (κ1) is 15.0. The van der Waals surface area contributed by atoms with Crippen LogP contribution < -0.4 is 0 Å². The minimum absolute atomic E-state index is 0.0207. The van der Waals surface area contributed by atoms with Crippen molar-refractivity contribution in [2.75, 3.05) is 0 Å². The Labute approximate surface area is 132 Å². The summed E-state index contributed by atoms with van der Waals surface area (Å²) in [5, 5.41) is 15.3. The van der Waals surface area contributed by atoms with Crippen molar-refractivity contribution in [1.82, 2.24) is 9.19 Å². The second-order valence-electron chi connectivity index (χ2n) is 3.47. The summed E-state index contributed by atoms with van der Waals surface area (Å²) in [5.74, 6) is 0. The van der Waals surface area contributed by atoms with Crippen LogP contribution in [0.3, 0.4) is 0 Å². The minimum Gasteiger partial charge on any atom is -0.258 e. The molecule has 0 N–H and O–H groups in total. The van der Waals surface area contributed by atoms with Crippen LogP contribution in [-0.4, -0.2) is 22.6 Å². The zero-order valence-electron chi connectivity index (χ0n) is 8.96. The van der Waals surface area contributed by atoms with Gasteiger partial charge in [0, 0.05) is 29.5 Å². The summed E-state index contributed by atoms with van der Waals surface area (Å²) >= 11 is 24.1. The molecule has 0 fully saturated rings. The van der Waals surface area contributed by atoms with Gasteiger partial charge in [-0.1, -0.05) is 23.2 Å². The van der Waals surface area contributed by atoms with Gasteiger partial charge in [0.1, 0.15) is 0 Å². The van der Waals surface area contributed by atoms with Crippen molar-refractivity contribution in [3.05, 3.63) is 34.5 Å². The van der Waals surface area contributed by atoms with Gasteiger partial charge >= 0.3 is 0 Å². The highest BCUT2D eigenvalue weighted by Gasteiger charge is 2.35. The zero-order valence-corrected chi connectivity index (χ0v) is 12.8. The molecule has 102 valence electrons. The lowest BCUT2D eigenvalue weighted by Crippen LogP contribution is -2.19. The summed E-state index contributed by atoms with van der Waals surface area (Å²) in [4.78, 5) is 9.15. The van der Waals surface area contributed by atoms with Crippen molar-refractivity contribution in [2.24, 2.45) is 0 Å². The van der Waals surface area contributed by atoms with E-state index >= 15 is 0 Å². The van der Waals surface area contributed by atoms with Crippen LogP contribution in [0.1, 0.15) is 0 Å². The van der Waals surface area contributed by atoms with E-state index in [1.165, 1.54) is 22.4 Å². The van der Waals surface area contributed by atoms with Crippen molar-refractivity contribution in [3.8, 4) is 0 Å². The van der Waals surface area contributed by atoms with E-state index in [0.717, 1.165) is 11.9 Å². The smallest absolute Gasteiger partial charge is 0.258 e. The molecule has 0 saturated carbocycles. The van der Waals surface area contributed by atoms with E-state index < -0.39 is 13.4 Å². The van der Waals surface area contributed by atoms with Crippen LogP contribution in [0.5, 0.6) is 0 Å². The number of hydrogen-bond donors (Lipinski definition) is 0. The third-order valence-corrected chi connectivity index (χ3v) is 5.35. The lowest BCUT2D eigenvalue weighted by molar-refractivity contribution is -0.384.